The van der Waals surface area contributed by atoms with Gasteiger partial charge in [0.15, 0.2) is 11.5 Å². The number of carbonyl (C=O) groups excluding carboxylic acids is 1. The van der Waals surface area contributed by atoms with Gasteiger partial charge in [0.1, 0.15) is 11.9 Å². The second-order valence-corrected chi connectivity index (χ2v) is 5.83. The van der Waals surface area contributed by atoms with Crippen LogP contribution in [0.4, 0.5) is 0 Å². The van der Waals surface area contributed by atoms with Crippen LogP contribution in [-0.2, 0) is 0 Å². The first-order valence-electron chi connectivity index (χ1n) is 7.68. The molecule has 20 heavy (non-hydrogen) atoms. The molecule has 0 aliphatic heterocycles. The monoisotopic (exact) mass is 279 g/mol. The summed E-state index contributed by atoms with van der Waals surface area (Å²) in [4.78, 5) is 11.5. The average Bonchev–Trinajstić information content (AvgIpc) is 2.96. The number of nitrogens with two attached hydrogens (primary N) is 1. The molecule has 112 valence electrons. The molecule has 1 saturated carbocycles. The lowest BCUT2D eigenvalue weighted by Gasteiger charge is -2.26. The summed E-state index contributed by atoms with van der Waals surface area (Å²) in [6, 6.07) is 2.96. The largest absolute Gasteiger partial charge is 0.455 e. The van der Waals surface area contributed by atoms with Gasteiger partial charge in [0.05, 0.1) is 0 Å². The van der Waals surface area contributed by atoms with Crippen LogP contribution >= 0.6 is 0 Å². The normalized spacial score (nSPS) is 19.8. The van der Waals surface area contributed by atoms with Gasteiger partial charge in [0.25, 0.3) is 0 Å². The molecule has 4 heteroatoms. The molecule has 2 rings (SSSR count). The summed E-state index contributed by atoms with van der Waals surface area (Å²) < 4.78 is 5.43. The van der Waals surface area contributed by atoms with Crippen molar-refractivity contribution in [3.63, 3.8) is 0 Å². The molecular weight excluding hydrogens is 254 g/mol. The number of hydrogen-bond acceptors (Lipinski definition) is 4. The zero-order valence-corrected chi connectivity index (χ0v) is 12.2. The predicted octanol–water partition coefficient (Wildman–Crippen LogP) is 3.20. The van der Waals surface area contributed by atoms with Gasteiger partial charge in [-0.15, -0.1) is 0 Å². The molecule has 4 nitrogen and oxygen atoms in total. The maximum atomic E-state index is 11.5. The van der Waals surface area contributed by atoms with E-state index in [9.17, 15) is 9.90 Å². The van der Waals surface area contributed by atoms with Crippen LogP contribution in [0.2, 0.25) is 0 Å². The maximum Gasteiger partial charge on any atom is 0.197 e. The molecule has 0 saturated heterocycles. The minimum Gasteiger partial charge on any atom is -0.455 e. The van der Waals surface area contributed by atoms with Crippen LogP contribution in [0.3, 0.4) is 0 Å². The quantitative estimate of drug-likeness (QED) is 0.784. The fourth-order valence-corrected chi connectivity index (χ4v) is 2.98. The summed E-state index contributed by atoms with van der Waals surface area (Å²) in [6.07, 6.45) is 6.66. The topological polar surface area (TPSA) is 76.5 Å². The smallest absolute Gasteiger partial charge is 0.197 e. The highest BCUT2D eigenvalue weighted by molar-refractivity contribution is 5.93. The Labute approximate surface area is 120 Å². The summed E-state index contributed by atoms with van der Waals surface area (Å²) in [7, 11) is 0. The third-order valence-corrected chi connectivity index (χ3v) is 4.25. The molecule has 0 bridgehead atoms. The van der Waals surface area contributed by atoms with Gasteiger partial charge >= 0.3 is 0 Å². The number of ketones is 1. The summed E-state index contributed by atoms with van der Waals surface area (Å²) in [6.45, 7) is 1.79. The Hall–Kier alpha value is -1.13. The molecule has 1 aliphatic carbocycles. The Bertz CT molecular complexity index is 435. The van der Waals surface area contributed by atoms with Crippen molar-refractivity contribution in [2.45, 2.75) is 64.0 Å². The van der Waals surface area contributed by atoms with E-state index in [4.69, 9.17) is 10.2 Å². The molecule has 1 aromatic rings. The third kappa shape index (κ3) is 3.70. The van der Waals surface area contributed by atoms with Gasteiger partial charge in [-0.2, -0.15) is 0 Å². The van der Waals surface area contributed by atoms with Crippen LogP contribution in [0.15, 0.2) is 16.5 Å². The Morgan fingerprint density at radius 3 is 2.75 bits per heavy atom. The second kappa shape index (κ2) is 7.04. The van der Waals surface area contributed by atoms with Gasteiger partial charge in [0.2, 0.25) is 0 Å². The molecule has 0 spiro atoms. The summed E-state index contributed by atoms with van der Waals surface area (Å²) in [5, 5.41) is 10.3. The lowest BCUT2D eigenvalue weighted by molar-refractivity contribution is 0.0911. The zero-order valence-electron chi connectivity index (χ0n) is 12.2. The molecule has 3 N–H and O–H groups in total. The van der Waals surface area contributed by atoms with Crippen LogP contribution < -0.4 is 5.73 Å². The van der Waals surface area contributed by atoms with E-state index in [1.807, 2.05) is 0 Å². The van der Waals surface area contributed by atoms with Crippen molar-refractivity contribution in [3.8, 4) is 0 Å². The van der Waals surface area contributed by atoms with Gasteiger partial charge in [0, 0.05) is 12.5 Å². The lowest BCUT2D eigenvalue weighted by Crippen LogP contribution is -2.31. The van der Waals surface area contributed by atoms with Gasteiger partial charge in [-0.1, -0.05) is 39.0 Å². The van der Waals surface area contributed by atoms with Crippen LogP contribution in [-0.4, -0.2) is 16.9 Å². The SMILES string of the molecule is CCC(=O)c1ccc([C@H](O)[C@@H](N)CC2CCCCC2)o1. The fourth-order valence-electron chi connectivity index (χ4n) is 2.98. The molecule has 1 heterocycles. The fraction of sp³-hybridized carbons (Fsp3) is 0.688. The summed E-state index contributed by atoms with van der Waals surface area (Å²) >= 11 is 0. The van der Waals surface area contributed by atoms with Gasteiger partial charge < -0.3 is 15.3 Å². The minimum atomic E-state index is -0.824. The van der Waals surface area contributed by atoms with Crippen molar-refractivity contribution in [1.29, 1.82) is 0 Å². The van der Waals surface area contributed by atoms with E-state index in [-0.39, 0.29) is 11.8 Å². The highest BCUT2D eigenvalue weighted by Crippen LogP contribution is 2.30. The number of aliphatic hydroxyl groups excluding tert-OH is 1. The van der Waals surface area contributed by atoms with Crippen molar-refractivity contribution in [3.05, 3.63) is 23.7 Å². The Balaban J connectivity index is 1.93. The molecule has 1 fully saturated rings. The number of furan rings is 1. The molecule has 0 amide bonds. The van der Waals surface area contributed by atoms with Gasteiger partial charge in [-0.3, -0.25) is 4.79 Å². The van der Waals surface area contributed by atoms with E-state index in [0.717, 1.165) is 6.42 Å². The minimum absolute atomic E-state index is 0.0516. The first-order valence-corrected chi connectivity index (χ1v) is 7.68. The number of Topliss-reactive ketones (excluding diaryl/α,β-unsaturated/α-hetero) is 1. The highest BCUT2D eigenvalue weighted by atomic mass is 16.4. The standard InChI is InChI=1S/C16H25NO3/c1-2-13(18)14-8-9-15(20-14)16(19)12(17)10-11-6-4-3-5-7-11/h8-9,11-12,16,19H,2-7,10,17H2,1H3/t12-,16+/m0/s1. The zero-order chi connectivity index (χ0) is 14.5. The first kappa shape index (κ1) is 15.3. The molecule has 1 aliphatic rings. The molecule has 0 radical (unpaired) electrons. The van der Waals surface area contributed by atoms with E-state index >= 15 is 0 Å². The van der Waals surface area contributed by atoms with Crippen molar-refractivity contribution < 1.29 is 14.3 Å². The molecule has 0 unspecified atom stereocenters. The predicted molar refractivity (Wildman–Crippen MR) is 77.5 cm³/mol. The van der Waals surface area contributed by atoms with E-state index < -0.39 is 6.10 Å². The summed E-state index contributed by atoms with van der Waals surface area (Å²) in [5.74, 6) is 1.28. The van der Waals surface area contributed by atoms with Crippen molar-refractivity contribution >= 4 is 5.78 Å². The molecule has 1 aromatic heterocycles. The van der Waals surface area contributed by atoms with Gasteiger partial charge in [-0.05, 0) is 24.5 Å². The third-order valence-electron chi connectivity index (χ3n) is 4.25. The average molecular weight is 279 g/mol. The molecule has 0 aromatic carbocycles. The van der Waals surface area contributed by atoms with E-state index in [2.05, 4.69) is 0 Å². The highest BCUT2D eigenvalue weighted by Gasteiger charge is 2.25. The van der Waals surface area contributed by atoms with Crippen molar-refractivity contribution in [2.75, 3.05) is 0 Å². The van der Waals surface area contributed by atoms with E-state index in [1.54, 1.807) is 19.1 Å². The second-order valence-electron chi connectivity index (χ2n) is 5.83. The van der Waals surface area contributed by atoms with Crippen LogP contribution in [0.5, 0.6) is 0 Å². The number of rotatable bonds is 6. The number of aliphatic hydroxyl groups is 1. The van der Waals surface area contributed by atoms with Gasteiger partial charge in [-0.25, -0.2) is 0 Å². The summed E-state index contributed by atoms with van der Waals surface area (Å²) in [5.41, 5.74) is 6.10. The number of hydrogen-bond donors (Lipinski definition) is 2. The van der Waals surface area contributed by atoms with Crippen LogP contribution in [0.1, 0.15) is 74.3 Å². The van der Waals surface area contributed by atoms with E-state index in [1.165, 1.54) is 32.1 Å². The molecule has 2 atom stereocenters. The molecular formula is C16H25NO3. The van der Waals surface area contributed by atoms with Crippen molar-refractivity contribution in [1.82, 2.24) is 0 Å². The number of carbonyl (C=O) groups is 1. The van der Waals surface area contributed by atoms with Crippen LogP contribution in [0, 0.1) is 5.92 Å². The lowest BCUT2D eigenvalue weighted by atomic mass is 9.84. The Kier molecular flexibility index (Phi) is 5.38. The van der Waals surface area contributed by atoms with Crippen LogP contribution in [0.25, 0.3) is 0 Å². The van der Waals surface area contributed by atoms with Crippen molar-refractivity contribution in [2.24, 2.45) is 11.7 Å². The first-order chi connectivity index (χ1) is 9.61. The Morgan fingerprint density at radius 2 is 2.10 bits per heavy atom. The maximum absolute atomic E-state index is 11.5. The van der Waals surface area contributed by atoms with E-state index in [0.29, 0.717) is 23.9 Å². The Morgan fingerprint density at radius 1 is 1.40 bits per heavy atom.